The Hall–Kier alpha value is -2.50. The van der Waals surface area contributed by atoms with E-state index in [1.54, 1.807) is 0 Å². The predicted octanol–water partition coefficient (Wildman–Crippen LogP) is 2.67. The number of carbonyl (C=O) groups is 1. The lowest BCUT2D eigenvalue weighted by Gasteiger charge is -2.06. The van der Waals surface area contributed by atoms with Crippen LogP contribution < -0.4 is 5.32 Å². The second-order valence-electron chi connectivity index (χ2n) is 3.84. The number of rotatable bonds is 4. The molecule has 0 amide bonds. The number of hydrogen-bond acceptors (Lipinski definition) is 3. The molecule has 0 saturated carbocycles. The van der Waals surface area contributed by atoms with E-state index in [4.69, 9.17) is 5.11 Å². The largest absolute Gasteiger partial charge is 0.478 e. The van der Waals surface area contributed by atoms with Crippen LogP contribution in [0, 0.1) is 11.6 Å². The zero-order valence-electron chi connectivity index (χ0n) is 9.73. The van der Waals surface area contributed by atoms with E-state index < -0.39 is 17.6 Å². The van der Waals surface area contributed by atoms with Crippen LogP contribution in [0.4, 0.5) is 14.6 Å². The molecule has 19 heavy (non-hydrogen) atoms. The van der Waals surface area contributed by atoms with Crippen LogP contribution in [-0.2, 0) is 6.54 Å². The number of aromatic carboxylic acids is 1. The van der Waals surface area contributed by atoms with E-state index in [2.05, 4.69) is 10.3 Å². The third kappa shape index (κ3) is 3.25. The number of halogens is 2. The minimum Gasteiger partial charge on any atom is -0.478 e. The molecule has 2 rings (SSSR count). The van der Waals surface area contributed by atoms with Gasteiger partial charge in [-0.1, -0.05) is 6.07 Å². The highest BCUT2D eigenvalue weighted by Crippen LogP contribution is 2.11. The molecule has 0 aliphatic carbocycles. The van der Waals surface area contributed by atoms with E-state index in [-0.39, 0.29) is 12.1 Å². The van der Waals surface area contributed by atoms with Gasteiger partial charge in [-0.3, -0.25) is 0 Å². The molecule has 0 aliphatic heterocycles. The van der Waals surface area contributed by atoms with Crippen molar-refractivity contribution in [2.75, 3.05) is 5.32 Å². The Morgan fingerprint density at radius 2 is 2.00 bits per heavy atom. The van der Waals surface area contributed by atoms with Crippen LogP contribution in [0.3, 0.4) is 0 Å². The summed E-state index contributed by atoms with van der Waals surface area (Å²) in [7, 11) is 0. The van der Waals surface area contributed by atoms with Gasteiger partial charge in [0.2, 0.25) is 0 Å². The highest BCUT2D eigenvalue weighted by Gasteiger charge is 2.04. The van der Waals surface area contributed by atoms with Crippen LogP contribution in [0.25, 0.3) is 0 Å². The summed E-state index contributed by atoms with van der Waals surface area (Å²) in [6.45, 7) is 0.261. The molecule has 0 saturated heterocycles. The molecule has 1 aromatic heterocycles. The number of anilines is 1. The lowest BCUT2D eigenvalue weighted by molar-refractivity contribution is 0.0696. The van der Waals surface area contributed by atoms with Gasteiger partial charge >= 0.3 is 5.97 Å². The number of nitrogens with zero attached hydrogens (tertiary/aromatic N) is 1. The first-order valence-corrected chi connectivity index (χ1v) is 5.43. The summed E-state index contributed by atoms with van der Waals surface area (Å²) >= 11 is 0. The van der Waals surface area contributed by atoms with Gasteiger partial charge in [0.25, 0.3) is 0 Å². The Labute approximate surface area is 107 Å². The second kappa shape index (κ2) is 5.43. The van der Waals surface area contributed by atoms with Gasteiger partial charge in [0, 0.05) is 12.7 Å². The third-order valence-electron chi connectivity index (χ3n) is 2.47. The fourth-order valence-corrected chi connectivity index (χ4v) is 1.47. The van der Waals surface area contributed by atoms with E-state index in [1.807, 2.05) is 0 Å². The average molecular weight is 264 g/mol. The maximum Gasteiger partial charge on any atom is 0.337 e. The number of nitrogens with one attached hydrogen (secondary N) is 1. The van der Waals surface area contributed by atoms with Gasteiger partial charge in [-0.2, -0.15) is 0 Å². The van der Waals surface area contributed by atoms with E-state index in [0.717, 1.165) is 12.1 Å². The number of hydrogen-bond donors (Lipinski definition) is 2. The van der Waals surface area contributed by atoms with E-state index >= 15 is 0 Å². The highest BCUT2D eigenvalue weighted by molar-refractivity contribution is 5.87. The molecule has 98 valence electrons. The minimum absolute atomic E-state index is 0.0818. The van der Waals surface area contributed by atoms with Crippen molar-refractivity contribution in [1.29, 1.82) is 0 Å². The van der Waals surface area contributed by atoms with Crippen molar-refractivity contribution in [2.45, 2.75) is 6.54 Å². The van der Waals surface area contributed by atoms with Crippen molar-refractivity contribution in [1.82, 2.24) is 4.98 Å². The molecule has 0 radical (unpaired) electrons. The zero-order chi connectivity index (χ0) is 13.8. The van der Waals surface area contributed by atoms with Crippen molar-refractivity contribution in [3.63, 3.8) is 0 Å². The van der Waals surface area contributed by atoms with Gasteiger partial charge in [-0.05, 0) is 29.8 Å². The molecule has 4 nitrogen and oxygen atoms in total. The van der Waals surface area contributed by atoms with Crippen LogP contribution in [0.2, 0.25) is 0 Å². The summed E-state index contributed by atoms with van der Waals surface area (Å²) in [6, 6.07) is 6.50. The van der Waals surface area contributed by atoms with Crippen molar-refractivity contribution in [3.8, 4) is 0 Å². The third-order valence-corrected chi connectivity index (χ3v) is 2.47. The first kappa shape index (κ1) is 12.9. The normalized spacial score (nSPS) is 10.2. The molecule has 0 spiro atoms. The molecule has 0 aliphatic rings. The molecular formula is C13H10F2N2O2. The maximum absolute atomic E-state index is 13.0. The summed E-state index contributed by atoms with van der Waals surface area (Å²) in [5, 5.41) is 11.6. The van der Waals surface area contributed by atoms with Gasteiger partial charge in [-0.25, -0.2) is 18.6 Å². The molecule has 0 atom stereocenters. The van der Waals surface area contributed by atoms with E-state index in [9.17, 15) is 13.6 Å². The summed E-state index contributed by atoms with van der Waals surface area (Å²) in [5.74, 6) is -2.41. The number of aromatic nitrogens is 1. The lowest BCUT2D eigenvalue weighted by atomic mass is 10.2. The predicted molar refractivity (Wildman–Crippen MR) is 64.9 cm³/mol. The minimum atomic E-state index is -1.06. The van der Waals surface area contributed by atoms with Crippen molar-refractivity contribution >= 4 is 11.8 Å². The smallest absolute Gasteiger partial charge is 0.337 e. The molecule has 2 N–H and O–H groups in total. The summed E-state index contributed by atoms with van der Waals surface area (Å²) in [4.78, 5) is 14.5. The first-order chi connectivity index (χ1) is 9.06. The molecular weight excluding hydrogens is 254 g/mol. The Morgan fingerprint density at radius 1 is 1.21 bits per heavy atom. The second-order valence-corrected chi connectivity index (χ2v) is 3.84. The Balaban J connectivity index is 2.01. The van der Waals surface area contributed by atoms with E-state index in [0.29, 0.717) is 11.4 Å². The number of benzene rings is 1. The van der Waals surface area contributed by atoms with Gasteiger partial charge in [-0.15, -0.1) is 0 Å². The molecule has 0 fully saturated rings. The van der Waals surface area contributed by atoms with Gasteiger partial charge in [0.1, 0.15) is 5.82 Å². The lowest BCUT2D eigenvalue weighted by Crippen LogP contribution is -2.03. The van der Waals surface area contributed by atoms with Crippen LogP contribution in [0.5, 0.6) is 0 Å². The Kier molecular flexibility index (Phi) is 3.70. The molecule has 1 heterocycles. The monoisotopic (exact) mass is 264 g/mol. The van der Waals surface area contributed by atoms with E-state index in [1.165, 1.54) is 24.4 Å². The van der Waals surface area contributed by atoms with Crippen molar-refractivity contribution in [2.24, 2.45) is 0 Å². The van der Waals surface area contributed by atoms with Crippen LogP contribution in [0.1, 0.15) is 15.9 Å². The zero-order valence-corrected chi connectivity index (χ0v) is 9.73. The molecule has 0 bridgehead atoms. The standard InChI is InChI=1S/C13H10F2N2O2/c14-10-3-1-8(5-11(10)15)6-16-12-4-2-9(7-17-12)13(18)19/h1-5,7H,6H2,(H,16,17)(H,18,19). The summed E-state index contributed by atoms with van der Waals surface area (Å²) in [5.41, 5.74) is 0.640. The van der Waals surface area contributed by atoms with Gasteiger partial charge in [0.15, 0.2) is 11.6 Å². The number of carboxylic acids is 1. The van der Waals surface area contributed by atoms with Crippen molar-refractivity contribution < 1.29 is 18.7 Å². The fourth-order valence-electron chi connectivity index (χ4n) is 1.47. The quantitative estimate of drug-likeness (QED) is 0.891. The first-order valence-electron chi connectivity index (χ1n) is 5.43. The highest BCUT2D eigenvalue weighted by atomic mass is 19.2. The SMILES string of the molecule is O=C(O)c1ccc(NCc2ccc(F)c(F)c2)nc1. The van der Waals surface area contributed by atoms with Crippen LogP contribution >= 0.6 is 0 Å². The van der Waals surface area contributed by atoms with Crippen LogP contribution in [-0.4, -0.2) is 16.1 Å². The van der Waals surface area contributed by atoms with Crippen LogP contribution in [0.15, 0.2) is 36.5 Å². The molecule has 2 aromatic rings. The van der Waals surface area contributed by atoms with Gasteiger partial charge in [0.05, 0.1) is 5.56 Å². The fraction of sp³-hybridized carbons (Fsp3) is 0.0769. The summed E-state index contributed by atoms with van der Waals surface area (Å²) < 4.78 is 25.7. The van der Waals surface area contributed by atoms with Gasteiger partial charge < -0.3 is 10.4 Å². The molecule has 6 heteroatoms. The average Bonchev–Trinajstić information content (AvgIpc) is 2.40. The maximum atomic E-state index is 13.0. The molecule has 1 aromatic carbocycles. The number of carboxylic acid groups (broad SMARTS) is 1. The topological polar surface area (TPSA) is 62.2 Å². The van der Waals surface area contributed by atoms with Crippen molar-refractivity contribution in [3.05, 3.63) is 59.3 Å². The summed E-state index contributed by atoms with van der Waals surface area (Å²) in [6.07, 6.45) is 1.22. The Bertz CT molecular complexity index is 600. The molecule has 0 unspecified atom stereocenters. The number of pyridine rings is 1. The Morgan fingerprint density at radius 3 is 2.58 bits per heavy atom.